The third-order valence-corrected chi connectivity index (χ3v) is 2.47. The number of hydrogen-bond donors (Lipinski definition) is 0. The van der Waals surface area contributed by atoms with Crippen LogP contribution in [0.15, 0.2) is 36.5 Å². The summed E-state index contributed by atoms with van der Waals surface area (Å²) in [6, 6.07) is 8.04. The van der Waals surface area contributed by atoms with Crippen LogP contribution in [0.2, 0.25) is 0 Å². The van der Waals surface area contributed by atoms with E-state index >= 15 is 0 Å². The SMILES string of the molecule is Cc1cnc(C)c(Oc2cccc(C(=O)[O-])c2)c1.[Li+]. The van der Waals surface area contributed by atoms with Crippen LogP contribution >= 0.6 is 0 Å². The van der Waals surface area contributed by atoms with E-state index in [0.29, 0.717) is 11.5 Å². The largest absolute Gasteiger partial charge is 1.00 e. The fourth-order valence-electron chi connectivity index (χ4n) is 1.53. The number of carboxylic acid groups (broad SMARTS) is 1. The summed E-state index contributed by atoms with van der Waals surface area (Å²) in [7, 11) is 0. The van der Waals surface area contributed by atoms with E-state index in [1.807, 2.05) is 19.9 Å². The Labute approximate surface area is 123 Å². The number of carbonyl (C=O) groups is 1. The van der Waals surface area contributed by atoms with Gasteiger partial charge in [-0.3, -0.25) is 4.98 Å². The van der Waals surface area contributed by atoms with Gasteiger partial charge in [0, 0.05) is 11.8 Å². The molecule has 0 saturated heterocycles. The molecule has 0 N–H and O–H groups in total. The summed E-state index contributed by atoms with van der Waals surface area (Å²) in [6.45, 7) is 3.74. The van der Waals surface area contributed by atoms with Gasteiger partial charge in [0.25, 0.3) is 0 Å². The van der Waals surface area contributed by atoms with E-state index in [9.17, 15) is 9.90 Å². The van der Waals surface area contributed by atoms with Gasteiger partial charge in [0.05, 0.1) is 11.7 Å². The second-order valence-corrected chi connectivity index (χ2v) is 4.01. The first kappa shape index (κ1) is 15.3. The van der Waals surface area contributed by atoms with Crippen molar-refractivity contribution in [2.75, 3.05) is 0 Å². The van der Waals surface area contributed by atoms with Crippen LogP contribution in [0.4, 0.5) is 0 Å². The molecule has 5 heteroatoms. The van der Waals surface area contributed by atoms with E-state index in [-0.39, 0.29) is 24.4 Å². The Morgan fingerprint density at radius 3 is 2.68 bits per heavy atom. The van der Waals surface area contributed by atoms with Crippen LogP contribution in [0.5, 0.6) is 11.5 Å². The number of aromatic carboxylic acids is 1. The molecule has 1 aromatic carbocycles. The Morgan fingerprint density at radius 2 is 2.00 bits per heavy atom. The molecule has 1 aromatic heterocycles. The Bertz CT molecular complexity index is 599. The Kier molecular flexibility index (Phi) is 5.17. The molecular formula is C14H12LiNO3. The zero-order valence-corrected chi connectivity index (χ0v) is 11.1. The fourth-order valence-corrected chi connectivity index (χ4v) is 1.53. The van der Waals surface area contributed by atoms with Crippen molar-refractivity contribution in [2.24, 2.45) is 0 Å². The zero-order chi connectivity index (χ0) is 13.1. The minimum absolute atomic E-state index is 0. The molecule has 0 amide bonds. The molecule has 19 heavy (non-hydrogen) atoms. The number of carboxylic acids is 1. The topological polar surface area (TPSA) is 62.2 Å². The molecule has 1 heterocycles. The summed E-state index contributed by atoms with van der Waals surface area (Å²) in [5.41, 5.74) is 1.82. The number of aromatic nitrogens is 1. The molecule has 0 fully saturated rings. The van der Waals surface area contributed by atoms with E-state index in [0.717, 1.165) is 11.3 Å². The monoisotopic (exact) mass is 249 g/mol. The number of rotatable bonds is 3. The maximum absolute atomic E-state index is 10.7. The average Bonchev–Trinajstić information content (AvgIpc) is 2.34. The third-order valence-electron chi connectivity index (χ3n) is 2.47. The van der Waals surface area contributed by atoms with Crippen molar-refractivity contribution < 1.29 is 33.5 Å². The molecule has 0 unspecified atom stereocenters. The van der Waals surface area contributed by atoms with Crippen molar-refractivity contribution in [1.82, 2.24) is 4.98 Å². The standard InChI is InChI=1S/C14H13NO3.Li/c1-9-6-13(10(2)15-8-9)18-12-5-3-4-11(7-12)14(16)17;/h3-8H,1-2H3,(H,16,17);/q;+1/p-1. The first-order valence-corrected chi connectivity index (χ1v) is 5.49. The molecule has 2 aromatic rings. The predicted molar refractivity (Wildman–Crippen MR) is 64.6 cm³/mol. The Balaban J connectivity index is 0.00000180. The number of ether oxygens (including phenoxy) is 1. The van der Waals surface area contributed by atoms with Crippen LogP contribution in [0.1, 0.15) is 21.6 Å². The van der Waals surface area contributed by atoms with E-state index in [2.05, 4.69) is 4.98 Å². The van der Waals surface area contributed by atoms with Crippen molar-refractivity contribution in [3.05, 3.63) is 53.3 Å². The molecule has 0 saturated carbocycles. The van der Waals surface area contributed by atoms with Gasteiger partial charge < -0.3 is 14.6 Å². The van der Waals surface area contributed by atoms with Crippen LogP contribution in [-0.4, -0.2) is 11.0 Å². The summed E-state index contributed by atoms with van der Waals surface area (Å²) in [5, 5.41) is 10.7. The number of carbonyl (C=O) groups excluding carboxylic acids is 1. The fraction of sp³-hybridized carbons (Fsp3) is 0.143. The third kappa shape index (κ3) is 3.85. The summed E-state index contributed by atoms with van der Waals surface area (Å²) in [4.78, 5) is 14.9. The van der Waals surface area contributed by atoms with Gasteiger partial charge in [0.2, 0.25) is 0 Å². The smallest absolute Gasteiger partial charge is 0.545 e. The molecule has 0 spiro atoms. The molecule has 92 valence electrons. The van der Waals surface area contributed by atoms with Gasteiger partial charge in [0.1, 0.15) is 11.5 Å². The van der Waals surface area contributed by atoms with Crippen LogP contribution in [0.3, 0.4) is 0 Å². The van der Waals surface area contributed by atoms with Crippen LogP contribution in [-0.2, 0) is 0 Å². The molecule has 0 aliphatic heterocycles. The maximum atomic E-state index is 10.7. The van der Waals surface area contributed by atoms with Crippen molar-refractivity contribution in [3.63, 3.8) is 0 Å². The second-order valence-electron chi connectivity index (χ2n) is 4.01. The molecule has 0 bridgehead atoms. The van der Waals surface area contributed by atoms with Gasteiger partial charge in [-0.15, -0.1) is 0 Å². The number of aryl methyl sites for hydroxylation is 2. The summed E-state index contributed by atoms with van der Waals surface area (Å²) in [5.74, 6) is -0.155. The second kappa shape index (κ2) is 6.42. The minimum atomic E-state index is -1.22. The molecular weight excluding hydrogens is 237 g/mol. The van der Waals surface area contributed by atoms with Crippen molar-refractivity contribution in [2.45, 2.75) is 13.8 Å². The van der Waals surface area contributed by atoms with Gasteiger partial charge in [0.15, 0.2) is 0 Å². The van der Waals surface area contributed by atoms with E-state index < -0.39 is 5.97 Å². The van der Waals surface area contributed by atoms with E-state index in [1.165, 1.54) is 12.1 Å². The Hall–Kier alpha value is -1.76. The average molecular weight is 249 g/mol. The van der Waals surface area contributed by atoms with Gasteiger partial charge in [-0.25, -0.2) is 0 Å². The maximum Gasteiger partial charge on any atom is 1.00 e. The summed E-state index contributed by atoms with van der Waals surface area (Å²) in [6.07, 6.45) is 1.75. The van der Waals surface area contributed by atoms with Gasteiger partial charge in [-0.05, 0) is 37.6 Å². The first-order valence-electron chi connectivity index (χ1n) is 5.49. The van der Waals surface area contributed by atoms with Crippen molar-refractivity contribution >= 4 is 5.97 Å². The van der Waals surface area contributed by atoms with E-state index in [4.69, 9.17) is 4.74 Å². The molecule has 4 nitrogen and oxygen atoms in total. The van der Waals surface area contributed by atoms with Crippen LogP contribution in [0, 0.1) is 13.8 Å². The zero-order valence-electron chi connectivity index (χ0n) is 11.1. The number of pyridine rings is 1. The quantitative estimate of drug-likeness (QED) is 0.645. The first-order chi connectivity index (χ1) is 8.56. The van der Waals surface area contributed by atoms with E-state index in [1.54, 1.807) is 18.3 Å². The normalized spacial score (nSPS) is 9.58. The van der Waals surface area contributed by atoms with Crippen molar-refractivity contribution in [3.8, 4) is 11.5 Å². The summed E-state index contributed by atoms with van der Waals surface area (Å²) >= 11 is 0. The molecule has 0 aliphatic carbocycles. The summed E-state index contributed by atoms with van der Waals surface area (Å²) < 4.78 is 5.63. The van der Waals surface area contributed by atoms with Crippen LogP contribution < -0.4 is 28.7 Å². The number of nitrogens with zero attached hydrogens (tertiary/aromatic N) is 1. The molecule has 0 aliphatic rings. The Morgan fingerprint density at radius 1 is 1.26 bits per heavy atom. The molecule has 0 radical (unpaired) electrons. The molecule has 0 atom stereocenters. The van der Waals surface area contributed by atoms with Crippen LogP contribution in [0.25, 0.3) is 0 Å². The van der Waals surface area contributed by atoms with Gasteiger partial charge >= 0.3 is 18.9 Å². The number of benzene rings is 1. The van der Waals surface area contributed by atoms with Crippen molar-refractivity contribution in [1.29, 1.82) is 0 Å². The predicted octanol–water partition coefficient (Wildman–Crippen LogP) is -1.14. The van der Waals surface area contributed by atoms with Gasteiger partial charge in [-0.2, -0.15) is 0 Å². The minimum Gasteiger partial charge on any atom is -0.545 e. The molecule has 2 rings (SSSR count). The number of hydrogen-bond acceptors (Lipinski definition) is 4. The van der Waals surface area contributed by atoms with Gasteiger partial charge in [-0.1, -0.05) is 12.1 Å².